The molecule has 8 heteroatoms. The quantitative estimate of drug-likeness (QED) is 0.377. The van der Waals surface area contributed by atoms with Gasteiger partial charge in [-0.05, 0) is 55.0 Å². The van der Waals surface area contributed by atoms with E-state index < -0.39 is 23.8 Å². The van der Waals surface area contributed by atoms with Crippen LogP contribution in [-0.4, -0.2) is 41.7 Å². The van der Waals surface area contributed by atoms with E-state index >= 15 is 0 Å². The first-order valence-corrected chi connectivity index (χ1v) is 11.3. The number of halogens is 1. The van der Waals surface area contributed by atoms with Crippen LogP contribution >= 0.6 is 11.6 Å². The van der Waals surface area contributed by atoms with Gasteiger partial charge >= 0.3 is 5.97 Å². The maximum atomic E-state index is 13.6. The molecule has 0 aliphatic carbocycles. The van der Waals surface area contributed by atoms with E-state index in [-0.39, 0.29) is 18.9 Å². The molecule has 1 aliphatic heterocycles. The third kappa shape index (κ3) is 4.95. The molecule has 0 radical (unpaired) electrons. The molecule has 1 fully saturated rings. The monoisotopic (exact) mass is 490 g/mol. The average Bonchev–Trinajstić information content (AvgIpc) is 3.16. The zero-order valence-electron chi connectivity index (χ0n) is 19.2. The number of hydrogen-bond acceptors (Lipinski definition) is 5. The number of nitrogens with zero attached hydrogens (tertiary/aromatic N) is 2. The first kappa shape index (κ1) is 24.2. The molecule has 3 amide bonds. The van der Waals surface area contributed by atoms with Gasteiger partial charge in [-0.2, -0.15) is 0 Å². The number of imide groups is 1. The van der Waals surface area contributed by atoms with Crippen LogP contribution in [0, 0.1) is 6.92 Å². The molecule has 1 atom stereocenters. The Morgan fingerprint density at radius 2 is 1.71 bits per heavy atom. The minimum Gasteiger partial charge on any atom is -0.465 e. The van der Waals surface area contributed by atoms with Crippen LogP contribution in [0.2, 0.25) is 5.02 Å². The van der Waals surface area contributed by atoms with Crippen molar-refractivity contribution in [1.29, 1.82) is 0 Å². The Morgan fingerprint density at radius 1 is 1.00 bits per heavy atom. The Kier molecular flexibility index (Phi) is 6.98. The molecule has 7 nitrogen and oxygen atoms in total. The lowest BCUT2D eigenvalue weighted by atomic mass is 10.1. The molecule has 1 saturated heterocycles. The van der Waals surface area contributed by atoms with E-state index in [9.17, 15) is 19.2 Å². The molecule has 1 aliphatic rings. The lowest BCUT2D eigenvalue weighted by Gasteiger charge is -2.28. The molecule has 4 rings (SSSR count). The number of benzene rings is 3. The SMILES string of the molecule is COC(=O)c1ccc(N2C(=O)CC(N(Cc3ccccc3Cl)C(=O)c3cccc(C)c3)C2=O)cc1. The molecule has 178 valence electrons. The Bertz CT molecular complexity index is 1300. The number of esters is 1. The van der Waals surface area contributed by atoms with Gasteiger partial charge in [-0.3, -0.25) is 14.4 Å². The molecule has 0 aromatic heterocycles. The van der Waals surface area contributed by atoms with E-state index in [1.54, 1.807) is 42.5 Å². The fraction of sp³-hybridized carbons (Fsp3) is 0.185. The molecule has 0 spiro atoms. The van der Waals surface area contributed by atoms with Crippen LogP contribution in [0.15, 0.2) is 72.8 Å². The zero-order chi connectivity index (χ0) is 25.1. The first-order chi connectivity index (χ1) is 16.8. The summed E-state index contributed by atoms with van der Waals surface area (Å²) in [4.78, 5) is 54.2. The summed E-state index contributed by atoms with van der Waals surface area (Å²) < 4.78 is 4.69. The molecule has 0 saturated carbocycles. The Balaban J connectivity index is 1.68. The Hall–Kier alpha value is -3.97. The summed E-state index contributed by atoms with van der Waals surface area (Å²) in [6.45, 7) is 1.93. The molecule has 1 heterocycles. The maximum absolute atomic E-state index is 13.6. The van der Waals surface area contributed by atoms with Gasteiger partial charge in [0.2, 0.25) is 5.91 Å². The van der Waals surface area contributed by atoms with Crippen molar-refractivity contribution in [2.24, 2.45) is 0 Å². The minimum atomic E-state index is -1.01. The highest BCUT2D eigenvalue weighted by molar-refractivity contribution is 6.31. The molecule has 1 unspecified atom stereocenters. The van der Waals surface area contributed by atoms with Gasteiger partial charge < -0.3 is 9.64 Å². The third-order valence-corrected chi connectivity index (χ3v) is 6.24. The van der Waals surface area contributed by atoms with E-state index in [2.05, 4.69) is 0 Å². The highest BCUT2D eigenvalue weighted by Crippen LogP contribution is 2.29. The summed E-state index contributed by atoms with van der Waals surface area (Å²) in [5.74, 6) is -1.85. The van der Waals surface area contributed by atoms with Crippen molar-refractivity contribution in [3.8, 4) is 0 Å². The second-order valence-corrected chi connectivity index (χ2v) is 8.63. The molecule has 3 aromatic rings. The average molecular weight is 491 g/mol. The van der Waals surface area contributed by atoms with Gasteiger partial charge in [0.1, 0.15) is 6.04 Å². The Labute approximate surface area is 207 Å². The summed E-state index contributed by atoms with van der Waals surface area (Å²) in [5.41, 5.74) is 2.59. The van der Waals surface area contributed by atoms with Crippen molar-refractivity contribution in [1.82, 2.24) is 4.90 Å². The normalized spacial score (nSPS) is 15.3. The highest BCUT2D eigenvalue weighted by Gasteiger charge is 2.44. The smallest absolute Gasteiger partial charge is 0.337 e. The molecular weight excluding hydrogens is 468 g/mol. The third-order valence-electron chi connectivity index (χ3n) is 5.87. The number of rotatable bonds is 6. The standard InChI is InChI=1S/C27H23ClN2O5/c1-17-6-5-8-19(14-17)25(32)29(16-20-7-3-4-9-22(20)28)23-15-24(31)30(26(23)33)21-12-10-18(11-13-21)27(34)35-2/h3-14,23H,15-16H2,1-2H3. The van der Waals surface area contributed by atoms with Crippen LogP contribution in [-0.2, 0) is 20.9 Å². The van der Waals surface area contributed by atoms with E-state index in [0.717, 1.165) is 10.5 Å². The van der Waals surface area contributed by atoms with Crippen molar-refractivity contribution in [2.75, 3.05) is 12.0 Å². The zero-order valence-corrected chi connectivity index (χ0v) is 20.0. The van der Waals surface area contributed by atoms with Crippen LogP contribution in [0.1, 0.15) is 38.3 Å². The number of carbonyl (C=O) groups is 4. The van der Waals surface area contributed by atoms with Crippen LogP contribution in [0.4, 0.5) is 5.69 Å². The summed E-state index contributed by atoms with van der Waals surface area (Å²) >= 11 is 6.35. The number of aryl methyl sites for hydroxylation is 1. The van der Waals surface area contributed by atoms with E-state index in [1.165, 1.54) is 36.3 Å². The number of anilines is 1. The fourth-order valence-corrected chi connectivity index (χ4v) is 4.27. The van der Waals surface area contributed by atoms with E-state index in [0.29, 0.717) is 27.4 Å². The number of methoxy groups -OCH3 is 1. The number of amides is 3. The van der Waals surface area contributed by atoms with Gasteiger partial charge in [0.15, 0.2) is 0 Å². The van der Waals surface area contributed by atoms with Crippen molar-refractivity contribution in [3.63, 3.8) is 0 Å². The van der Waals surface area contributed by atoms with Crippen molar-refractivity contribution < 1.29 is 23.9 Å². The van der Waals surface area contributed by atoms with Gasteiger partial charge in [-0.1, -0.05) is 47.5 Å². The summed E-state index contributed by atoms with van der Waals surface area (Å²) in [7, 11) is 1.27. The van der Waals surface area contributed by atoms with Crippen molar-refractivity contribution in [3.05, 3.63) is 100 Å². The van der Waals surface area contributed by atoms with Crippen molar-refractivity contribution in [2.45, 2.75) is 25.9 Å². The van der Waals surface area contributed by atoms with E-state index in [1.807, 2.05) is 13.0 Å². The maximum Gasteiger partial charge on any atom is 0.337 e. The topological polar surface area (TPSA) is 84.0 Å². The lowest BCUT2D eigenvalue weighted by molar-refractivity contribution is -0.122. The van der Waals surface area contributed by atoms with Gasteiger partial charge in [0.25, 0.3) is 11.8 Å². The fourth-order valence-electron chi connectivity index (χ4n) is 4.07. The summed E-state index contributed by atoms with van der Waals surface area (Å²) in [6.07, 6.45) is -0.167. The minimum absolute atomic E-state index is 0.0608. The molecule has 0 N–H and O–H groups in total. The van der Waals surface area contributed by atoms with Crippen LogP contribution in [0.5, 0.6) is 0 Å². The summed E-state index contributed by atoms with van der Waals surface area (Å²) in [6, 6.07) is 19.1. The summed E-state index contributed by atoms with van der Waals surface area (Å²) in [5, 5.41) is 0.460. The highest BCUT2D eigenvalue weighted by atomic mass is 35.5. The Morgan fingerprint density at radius 3 is 2.37 bits per heavy atom. The van der Waals surface area contributed by atoms with Crippen LogP contribution in [0.3, 0.4) is 0 Å². The predicted octanol–water partition coefficient (Wildman–Crippen LogP) is 4.41. The largest absolute Gasteiger partial charge is 0.465 e. The first-order valence-electron chi connectivity index (χ1n) is 11.0. The molecule has 0 bridgehead atoms. The van der Waals surface area contributed by atoms with Gasteiger partial charge in [-0.15, -0.1) is 0 Å². The van der Waals surface area contributed by atoms with Crippen LogP contribution in [0.25, 0.3) is 0 Å². The molecular formula is C27H23ClN2O5. The second-order valence-electron chi connectivity index (χ2n) is 8.22. The van der Waals surface area contributed by atoms with Gasteiger partial charge in [-0.25, -0.2) is 9.69 Å². The van der Waals surface area contributed by atoms with Crippen molar-refractivity contribution >= 4 is 41.0 Å². The number of ether oxygens (including phenoxy) is 1. The predicted molar refractivity (Wildman–Crippen MR) is 131 cm³/mol. The lowest BCUT2D eigenvalue weighted by Crippen LogP contribution is -2.45. The number of hydrogen-bond donors (Lipinski definition) is 0. The molecule has 35 heavy (non-hydrogen) atoms. The molecule has 3 aromatic carbocycles. The van der Waals surface area contributed by atoms with Crippen LogP contribution < -0.4 is 4.90 Å². The van der Waals surface area contributed by atoms with E-state index in [4.69, 9.17) is 16.3 Å². The second kappa shape index (κ2) is 10.1. The number of carbonyl (C=O) groups excluding carboxylic acids is 4. The van der Waals surface area contributed by atoms with Gasteiger partial charge in [0, 0.05) is 17.1 Å². The van der Waals surface area contributed by atoms with Gasteiger partial charge in [0.05, 0.1) is 24.8 Å².